The van der Waals surface area contributed by atoms with Crippen molar-refractivity contribution in [3.8, 4) is 0 Å². The average Bonchev–Trinajstić information content (AvgIpc) is 3.23. The minimum Gasteiger partial charge on any atom is -0.279 e. The molecule has 8 heteroatoms. The van der Waals surface area contributed by atoms with Crippen molar-refractivity contribution in [2.75, 3.05) is 4.72 Å². The number of nitrogens with one attached hydrogen (secondary N) is 2. The maximum Gasteiger partial charge on any atom is 0.271 e. The number of benzene rings is 2. The molecule has 150 valence electrons. The third-order valence-corrected chi connectivity index (χ3v) is 6.58. The summed E-state index contributed by atoms with van der Waals surface area (Å²) >= 11 is 1.52. The molecular weight excluding hydrogens is 406 g/mol. The average molecular weight is 428 g/mol. The monoisotopic (exact) mass is 427 g/mol. The first-order chi connectivity index (χ1) is 13.8. The Kier molecular flexibility index (Phi) is 6.14. The lowest BCUT2D eigenvalue weighted by atomic mass is 10.1. The van der Waals surface area contributed by atoms with Crippen molar-refractivity contribution in [2.45, 2.75) is 25.7 Å². The number of anilines is 1. The van der Waals surface area contributed by atoms with Crippen LogP contribution in [0.2, 0.25) is 0 Å². The van der Waals surface area contributed by atoms with E-state index in [0.717, 1.165) is 16.0 Å². The Morgan fingerprint density at radius 3 is 2.52 bits per heavy atom. The van der Waals surface area contributed by atoms with E-state index in [1.807, 2.05) is 43.5 Å². The summed E-state index contributed by atoms with van der Waals surface area (Å²) in [5.74, 6) is -0.482. The minimum absolute atomic E-state index is 0.00378. The van der Waals surface area contributed by atoms with Crippen molar-refractivity contribution in [1.29, 1.82) is 0 Å². The van der Waals surface area contributed by atoms with Gasteiger partial charge in [-0.2, -0.15) is 5.10 Å². The predicted molar refractivity (Wildman–Crippen MR) is 117 cm³/mol. The van der Waals surface area contributed by atoms with Gasteiger partial charge in [0.1, 0.15) is 0 Å². The molecule has 0 aliphatic rings. The van der Waals surface area contributed by atoms with Crippen molar-refractivity contribution in [2.24, 2.45) is 5.10 Å². The number of carbonyl (C=O) groups excluding carboxylic acids is 1. The maximum atomic E-state index is 12.8. The lowest BCUT2D eigenvalue weighted by Gasteiger charge is -2.12. The fourth-order valence-electron chi connectivity index (χ4n) is 2.67. The zero-order valence-electron chi connectivity index (χ0n) is 16.3. The summed E-state index contributed by atoms with van der Waals surface area (Å²) in [5.41, 5.74) is 5.72. The molecule has 0 fully saturated rings. The van der Waals surface area contributed by atoms with Crippen molar-refractivity contribution in [3.05, 3.63) is 81.5 Å². The van der Waals surface area contributed by atoms with Gasteiger partial charge in [0.15, 0.2) is 0 Å². The van der Waals surface area contributed by atoms with Crippen LogP contribution >= 0.6 is 11.3 Å². The van der Waals surface area contributed by atoms with Crippen LogP contribution in [-0.4, -0.2) is 20.0 Å². The van der Waals surface area contributed by atoms with E-state index in [9.17, 15) is 13.2 Å². The predicted octanol–water partition coefficient (Wildman–Crippen LogP) is 4.32. The van der Waals surface area contributed by atoms with Gasteiger partial charge in [-0.3, -0.25) is 9.52 Å². The highest BCUT2D eigenvalue weighted by molar-refractivity contribution is 7.92. The number of amides is 1. The molecule has 2 N–H and O–H groups in total. The molecule has 0 bridgehead atoms. The zero-order chi connectivity index (χ0) is 21.0. The Morgan fingerprint density at radius 2 is 1.83 bits per heavy atom. The Hall–Kier alpha value is -2.97. The number of rotatable bonds is 6. The smallest absolute Gasteiger partial charge is 0.271 e. The lowest BCUT2D eigenvalue weighted by molar-refractivity contribution is 0.0954. The van der Waals surface area contributed by atoms with Crippen molar-refractivity contribution in [1.82, 2.24) is 5.43 Å². The highest BCUT2D eigenvalue weighted by atomic mass is 32.2. The molecule has 0 atom stereocenters. The van der Waals surface area contributed by atoms with Crippen molar-refractivity contribution < 1.29 is 13.2 Å². The van der Waals surface area contributed by atoms with E-state index in [1.165, 1.54) is 29.5 Å². The van der Waals surface area contributed by atoms with Crippen LogP contribution in [0.25, 0.3) is 0 Å². The Morgan fingerprint density at radius 1 is 1.03 bits per heavy atom. The van der Waals surface area contributed by atoms with E-state index >= 15 is 0 Å². The zero-order valence-corrected chi connectivity index (χ0v) is 17.9. The fraction of sp³-hybridized carbons (Fsp3) is 0.143. The van der Waals surface area contributed by atoms with Crippen LogP contribution in [0.15, 0.2) is 70.0 Å². The Balaban J connectivity index is 1.79. The molecule has 3 aromatic rings. The maximum absolute atomic E-state index is 12.8. The molecule has 3 rings (SSSR count). The number of nitrogens with zero attached hydrogens (tertiary/aromatic N) is 1. The van der Waals surface area contributed by atoms with Crippen LogP contribution in [-0.2, 0) is 10.0 Å². The summed E-state index contributed by atoms with van der Waals surface area (Å²) in [7, 11) is -3.84. The number of sulfonamides is 1. The molecule has 1 aromatic heterocycles. The van der Waals surface area contributed by atoms with Crippen molar-refractivity contribution in [3.63, 3.8) is 0 Å². The van der Waals surface area contributed by atoms with Crippen LogP contribution in [0.1, 0.15) is 33.3 Å². The Bertz CT molecular complexity index is 1170. The summed E-state index contributed by atoms with van der Waals surface area (Å²) in [5, 5.41) is 6.01. The van der Waals surface area contributed by atoms with Gasteiger partial charge in [0.2, 0.25) is 0 Å². The van der Waals surface area contributed by atoms with Crippen LogP contribution < -0.4 is 10.1 Å². The molecule has 0 spiro atoms. The molecule has 0 aliphatic carbocycles. The van der Waals surface area contributed by atoms with Gasteiger partial charge in [0.05, 0.1) is 16.3 Å². The number of carbonyl (C=O) groups is 1. The van der Waals surface area contributed by atoms with Gasteiger partial charge in [0.25, 0.3) is 15.9 Å². The van der Waals surface area contributed by atoms with Gasteiger partial charge in [-0.25, -0.2) is 13.8 Å². The molecule has 2 aromatic carbocycles. The van der Waals surface area contributed by atoms with Gasteiger partial charge in [0, 0.05) is 10.4 Å². The molecule has 0 saturated carbocycles. The molecule has 1 heterocycles. The fourth-order valence-corrected chi connectivity index (χ4v) is 4.53. The third-order valence-electron chi connectivity index (χ3n) is 4.24. The molecular formula is C21H21N3O3S2. The second-order valence-electron chi connectivity index (χ2n) is 6.57. The van der Waals surface area contributed by atoms with E-state index < -0.39 is 15.9 Å². The molecule has 0 radical (unpaired) electrons. The number of hydrazone groups is 1. The first kappa shape index (κ1) is 20.8. The minimum atomic E-state index is -3.84. The summed E-state index contributed by atoms with van der Waals surface area (Å²) in [6.45, 7) is 5.57. The number of hydrogen-bond donors (Lipinski definition) is 2. The highest BCUT2D eigenvalue weighted by Crippen LogP contribution is 2.21. The van der Waals surface area contributed by atoms with Crippen molar-refractivity contribution >= 4 is 38.7 Å². The van der Waals surface area contributed by atoms with E-state index in [-0.39, 0.29) is 10.5 Å². The van der Waals surface area contributed by atoms with E-state index in [1.54, 1.807) is 19.1 Å². The first-order valence-corrected chi connectivity index (χ1v) is 11.2. The van der Waals surface area contributed by atoms with Crippen LogP contribution in [0, 0.1) is 13.8 Å². The lowest BCUT2D eigenvalue weighted by Crippen LogP contribution is -2.20. The summed E-state index contributed by atoms with van der Waals surface area (Å²) in [6, 6.07) is 15.1. The molecule has 29 heavy (non-hydrogen) atoms. The molecule has 0 aliphatic heterocycles. The number of hydrogen-bond acceptors (Lipinski definition) is 5. The molecule has 6 nitrogen and oxygen atoms in total. The van der Waals surface area contributed by atoms with E-state index in [4.69, 9.17) is 0 Å². The topological polar surface area (TPSA) is 87.6 Å². The Labute approximate surface area is 174 Å². The summed E-state index contributed by atoms with van der Waals surface area (Å²) < 4.78 is 28.1. The van der Waals surface area contributed by atoms with E-state index in [0.29, 0.717) is 11.4 Å². The molecule has 0 saturated heterocycles. The van der Waals surface area contributed by atoms with Gasteiger partial charge < -0.3 is 0 Å². The standard InChI is InChI=1S/C21H21N3O3S2/c1-14-9-10-19(15(2)12-14)24-29(26,27)18-7-4-6-17(13-18)21(25)23-22-16(3)20-8-5-11-28-20/h4-13,24H,1-3H3,(H,23,25). The SMILES string of the molecule is CC(=NNC(=O)c1cccc(S(=O)(=O)Nc2ccc(C)cc2C)c1)c1cccs1. The first-order valence-electron chi connectivity index (χ1n) is 8.85. The number of thiophene rings is 1. The van der Waals surface area contributed by atoms with Crippen LogP contribution in [0.3, 0.4) is 0 Å². The quantitative estimate of drug-likeness (QED) is 0.454. The van der Waals surface area contributed by atoms with E-state index in [2.05, 4.69) is 15.2 Å². The normalized spacial score (nSPS) is 11.9. The van der Waals surface area contributed by atoms with Gasteiger partial charge >= 0.3 is 0 Å². The van der Waals surface area contributed by atoms with Crippen LogP contribution in [0.4, 0.5) is 5.69 Å². The summed E-state index contributed by atoms with van der Waals surface area (Å²) in [6.07, 6.45) is 0. The summed E-state index contributed by atoms with van der Waals surface area (Å²) in [4.78, 5) is 13.4. The third kappa shape index (κ3) is 5.10. The van der Waals surface area contributed by atoms with Crippen LogP contribution in [0.5, 0.6) is 0 Å². The highest BCUT2D eigenvalue weighted by Gasteiger charge is 2.17. The largest absolute Gasteiger partial charge is 0.279 e. The number of aryl methyl sites for hydroxylation is 2. The second-order valence-corrected chi connectivity index (χ2v) is 9.20. The second kappa shape index (κ2) is 8.59. The van der Waals surface area contributed by atoms with Gasteiger partial charge in [-0.05, 0) is 62.0 Å². The van der Waals surface area contributed by atoms with Gasteiger partial charge in [-0.15, -0.1) is 11.3 Å². The molecule has 1 amide bonds. The van der Waals surface area contributed by atoms with Gasteiger partial charge in [-0.1, -0.05) is 29.8 Å². The molecule has 0 unspecified atom stereocenters.